The molecule has 1 fully saturated rings. The largest absolute Gasteiger partial charge is 0.384 e. The molecule has 0 bridgehead atoms. The Morgan fingerprint density at radius 2 is 2.05 bits per heavy atom. The van der Waals surface area contributed by atoms with Gasteiger partial charge < -0.3 is 5.11 Å². The highest BCUT2D eigenvalue weighted by molar-refractivity contribution is 5.37. The van der Waals surface area contributed by atoms with E-state index < -0.39 is 0 Å². The molecule has 1 aliphatic rings. The van der Waals surface area contributed by atoms with E-state index in [2.05, 4.69) is 23.7 Å². The van der Waals surface area contributed by atoms with Crippen LogP contribution in [0.25, 0.3) is 0 Å². The van der Waals surface area contributed by atoms with E-state index >= 15 is 0 Å². The number of hydrogen-bond acceptors (Lipinski definition) is 2. The normalized spacial score (nSPS) is 16.5. The maximum atomic E-state index is 13.6. The summed E-state index contributed by atoms with van der Waals surface area (Å²) in [7, 11) is 0. The first kappa shape index (κ1) is 16.0. The molecule has 0 aromatic heterocycles. The zero-order valence-electron chi connectivity index (χ0n) is 12.7. The minimum atomic E-state index is -0.254. The predicted molar refractivity (Wildman–Crippen MR) is 83.3 cm³/mol. The molecule has 2 nitrogen and oxygen atoms in total. The van der Waals surface area contributed by atoms with Crippen molar-refractivity contribution in [1.29, 1.82) is 0 Å². The summed E-state index contributed by atoms with van der Waals surface area (Å²) in [5.41, 5.74) is 1.60. The van der Waals surface area contributed by atoms with E-state index in [-0.39, 0.29) is 12.4 Å². The van der Waals surface area contributed by atoms with E-state index in [1.165, 1.54) is 31.7 Å². The molecule has 1 N–H and O–H groups in total. The van der Waals surface area contributed by atoms with E-state index in [0.717, 1.165) is 31.1 Å². The number of nitrogens with zero attached hydrogens (tertiary/aromatic N) is 1. The third-order valence-corrected chi connectivity index (χ3v) is 4.08. The number of hydrogen-bond donors (Lipinski definition) is 1. The maximum absolute atomic E-state index is 13.6. The summed E-state index contributed by atoms with van der Waals surface area (Å²) in [5, 5.41) is 8.72. The lowest BCUT2D eigenvalue weighted by atomic mass is 9.92. The Morgan fingerprint density at radius 3 is 2.71 bits per heavy atom. The molecule has 0 radical (unpaired) electrons. The molecule has 0 spiro atoms. The second kappa shape index (κ2) is 8.17. The van der Waals surface area contributed by atoms with E-state index in [0.29, 0.717) is 5.56 Å². The third kappa shape index (κ3) is 5.15. The molecule has 0 atom stereocenters. The van der Waals surface area contributed by atoms with Crippen LogP contribution in [0.1, 0.15) is 43.7 Å². The molecular weight excluding hydrogens is 265 g/mol. The summed E-state index contributed by atoms with van der Waals surface area (Å²) in [6.07, 6.45) is 5.09. The molecule has 1 aromatic rings. The zero-order chi connectivity index (χ0) is 15.1. The molecule has 1 aromatic carbocycles. The van der Waals surface area contributed by atoms with Crippen LogP contribution in [0.3, 0.4) is 0 Å². The lowest BCUT2D eigenvalue weighted by molar-refractivity contribution is 0.171. The van der Waals surface area contributed by atoms with Gasteiger partial charge in [-0.05, 0) is 55.6 Å². The molecule has 0 amide bonds. The van der Waals surface area contributed by atoms with E-state index in [1.807, 2.05) is 6.07 Å². The van der Waals surface area contributed by atoms with Gasteiger partial charge in [0.05, 0.1) is 0 Å². The lowest BCUT2D eigenvalue weighted by Crippen LogP contribution is -2.33. The van der Waals surface area contributed by atoms with Gasteiger partial charge in [-0.2, -0.15) is 0 Å². The summed E-state index contributed by atoms with van der Waals surface area (Å²) < 4.78 is 13.6. The average molecular weight is 289 g/mol. The van der Waals surface area contributed by atoms with Crippen molar-refractivity contribution in [3.8, 4) is 11.8 Å². The van der Waals surface area contributed by atoms with Crippen LogP contribution in [0, 0.1) is 23.6 Å². The van der Waals surface area contributed by atoms with E-state index in [4.69, 9.17) is 5.11 Å². The first-order valence-electron chi connectivity index (χ1n) is 7.82. The molecule has 0 unspecified atom stereocenters. The smallest absolute Gasteiger partial charge is 0.124 e. The molecule has 2 rings (SSSR count). The topological polar surface area (TPSA) is 23.5 Å². The first-order chi connectivity index (χ1) is 10.2. The number of benzene rings is 1. The van der Waals surface area contributed by atoms with Crippen LogP contribution in [0.5, 0.6) is 0 Å². The van der Waals surface area contributed by atoms with Gasteiger partial charge >= 0.3 is 0 Å². The van der Waals surface area contributed by atoms with Gasteiger partial charge in [-0.1, -0.05) is 31.6 Å². The highest BCUT2D eigenvalue weighted by Gasteiger charge is 2.18. The number of halogens is 1. The minimum Gasteiger partial charge on any atom is -0.384 e. The van der Waals surface area contributed by atoms with Crippen LogP contribution in [0.15, 0.2) is 18.2 Å². The summed E-state index contributed by atoms with van der Waals surface area (Å²) in [4.78, 5) is 2.39. The van der Waals surface area contributed by atoms with Crippen LogP contribution in [0.2, 0.25) is 0 Å². The number of aliphatic hydroxyl groups excluding tert-OH is 1. The maximum Gasteiger partial charge on any atom is 0.124 e. The molecule has 1 aliphatic heterocycles. The van der Waals surface area contributed by atoms with Crippen molar-refractivity contribution in [1.82, 2.24) is 4.90 Å². The fourth-order valence-corrected chi connectivity index (χ4v) is 3.06. The van der Waals surface area contributed by atoms with Gasteiger partial charge in [0.25, 0.3) is 0 Å². The van der Waals surface area contributed by atoms with Crippen LogP contribution >= 0.6 is 0 Å². The summed E-state index contributed by atoms with van der Waals surface area (Å²) in [6, 6.07) is 4.92. The minimum absolute atomic E-state index is 0.198. The third-order valence-electron chi connectivity index (χ3n) is 4.08. The van der Waals surface area contributed by atoms with Crippen LogP contribution in [0.4, 0.5) is 4.39 Å². The molecule has 0 aliphatic carbocycles. The van der Waals surface area contributed by atoms with E-state index in [1.54, 1.807) is 6.07 Å². The number of rotatable bonds is 4. The molecule has 1 heterocycles. The van der Waals surface area contributed by atoms with Gasteiger partial charge in [-0.15, -0.1) is 0 Å². The highest BCUT2D eigenvalue weighted by atomic mass is 19.1. The fraction of sp³-hybridized carbons (Fsp3) is 0.556. The van der Waals surface area contributed by atoms with Crippen molar-refractivity contribution in [2.45, 2.75) is 39.2 Å². The first-order valence-corrected chi connectivity index (χ1v) is 7.82. The van der Waals surface area contributed by atoms with Crippen molar-refractivity contribution in [2.24, 2.45) is 5.92 Å². The number of aliphatic hydroxyl groups is 1. The Bertz CT molecular complexity index is 510. The Hall–Kier alpha value is -1.37. The second-order valence-corrected chi connectivity index (χ2v) is 5.82. The standard InChI is InChI=1S/C18H24FNO/c1-2-4-15-6-8-20(9-7-15)14-17-11-16(5-3-10-21)12-18(19)13-17/h11-13,15,21H,2,4,6-10,14H2,1H3. The Balaban J connectivity index is 1.95. The fourth-order valence-electron chi connectivity index (χ4n) is 3.06. The number of likely N-dealkylation sites (tertiary alicyclic amines) is 1. The lowest BCUT2D eigenvalue weighted by Gasteiger charge is -2.31. The van der Waals surface area contributed by atoms with Gasteiger partial charge in [0.2, 0.25) is 0 Å². The molecular formula is C18H24FNO. The van der Waals surface area contributed by atoms with Crippen molar-refractivity contribution >= 4 is 0 Å². The zero-order valence-corrected chi connectivity index (χ0v) is 12.7. The SMILES string of the molecule is CCCC1CCN(Cc2cc(F)cc(C#CCO)c2)CC1. The summed E-state index contributed by atoms with van der Waals surface area (Å²) in [6.45, 7) is 5.02. The van der Waals surface area contributed by atoms with Crippen molar-refractivity contribution in [3.05, 3.63) is 35.1 Å². The molecule has 21 heavy (non-hydrogen) atoms. The van der Waals surface area contributed by atoms with Gasteiger partial charge in [0, 0.05) is 12.1 Å². The summed E-state index contributed by atoms with van der Waals surface area (Å²) in [5.74, 6) is 5.96. The monoisotopic (exact) mass is 289 g/mol. The Morgan fingerprint density at radius 1 is 1.29 bits per heavy atom. The van der Waals surface area contributed by atoms with Crippen LogP contribution in [-0.4, -0.2) is 29.7 Å². The quantitative estimate of drug-likeness (QED) is 0.861. The van der Waals surface area contributed by atoms with Crippen molar-refractivity contribution < 1.29 is 9.50 Å². The summed E-state index contributed by atoms with van der Waals surface area (Å²) >= 11 is 0. The highest BCUT2D eigenvalue weighted by Crippen LogP contribution is 2.23. The van der Waals surface area contributed by atoms with E-state index in [9.17, 15) is 4.39 Å². The van der Waals surface area contributed by atoms with Gasteiger partial charge in [-0.3, -0.25) is 4.90 Å². The molecule has 3 heteroatoms. The number of piperidine rings is 1. The Kier molecular flexibility index (Phi) is 6.22. The molecule has 114 valence electrons. The van der Waals surface area contributed by atoms with Crippen LogP contribution < -0.4 is 0 Å². The van der Waals surface area contributed by atoms with Crippen LogP contribution in [-0.2, 0) is 6.54 Å². The van der Waals surface area contributed by atoms with Gasteiger partial charge in [-0.25, -0.2) is 4.39 Å². The Labute approximate surface area is 127 Å². The predicted octanol–water partition coefficient (Wildman–Crippen LogP) is 3.18. The second-order valence-electron chi connectivity index (χ2n) is 5.82. The van der Waals surface area contributed by atoms with Crippen molar-refractivity contribution in [2.75, 3.05) is 19.7 Å². The van der Waals surface area contributed by atoms with Gasteiger partial charge in [0.15, 0.2) is 0 Å². The van der Waals surface area contributed by atoms with Crippen molar-refractivity contribution in [3.63, 3.8) is 0 Å². The molecule has 1 saturated heterocycles. The van der Waals surface area contributed by atoms with Gasteiger partial charge in [0.1, 0.15) is 12.4 Å². The average Bonchev–Trinajstić information content (AvgIpc) is 2.47. The molecule has 0 saturated carbocycles.